The summed E-state index contributed by atoms with van der Waals surface area (Å²) in [4.78, 5) is 19.2. The normalized spacial score (nSPS) is 15.4. The quantitative estimate of drug-likeness (QED) is 0.627. The van der Waals surface area contributed by atoms with Crippen LogP contribution in [0.15, 0.2) is 42.6 Å². The highest BCUT2D eigenvalue weighted by Gasteiger charge is 2.39. The number of hydrogen-bond acceptors (Lipinski definition) is 4. The van der Waals surface area contributed by atoms with Crippen LogP contribution >= 0.6 is 0 Å². The Bertz CT molecular complexity index is 736. The van der Waals surface area contributed by atoms with E-state index >= 15 is 0 Å². The van der Waals surface area contributed by atoms with Gasteiger partial charge in [-0.2, -0.15) is 13.2 Å². The zero-order chi connectivity index (χ0) is 18.0. The van der Waals surface area contributed by atoms with E-state index in [0.29, 0.717) is 32.0 Å². The fourth-order valence-corrected chi connectivity index (χ4v) is 2.72. The van der Waals surface area contributed by atoms with E-state index in [1.807, 2.05) is 4.90 Å². The van der Waals surface area contributed by atoms with Gasteiger partial charge >= 0.3 is 6.18 Å². The molecule has 0 amide bonds. The molecule has 0 spiro atoms. The Balaban J connectivity index is 1.63. The summed E-state index contributed by atoms with van der Waals surface area (Å²) >= 11 is 0. The molecule has 0 N–H and O–H groups in total. The molecule has 3 rings (SSSR count). The van der Waals surface area contributed by atoms with Crippen molar-refractivity contribution in [2.75, 3.05) is 36.0 Å². The first-order chi connectivity index (χ1) is 11.8. The van der Waals surface area contributed by atoms with Crippen LogP contribution in [0.4, 0.5) is 29.1 Å². The van der Waals surface area contributed by atoms with Crippen molar-refractivity contribution in [1.82, 2.24) is 4.98 Å². The second-order valence-electron chi connectivity index (χ2n) is 5.68. The minimum Gasteiger partial charge on any atom is -0.368 e. The minimum absolute atomic E-state index is 0.292. The van der Waals surface area contributed by atoms with E-state index in [0.717, 1.165) is 18.0 Å². The number of ketones is 1. The molecule has 1 aromatic heterocycles. The fraction of sp³-hybridized carbons (Fsp3) is 0.294. The third-order valence-electron chi connectivity index (χ3n) is 4.06. The first-order valence-electron chi connectivity index (χ1n) is 7.67. The number of halogens is 4. The molecule has 1 aliphatic heterocycles. The van der Waals surface area contributed by atoms with Crippen molar-refractivity contribution in [3.63, 3.8) is 0 Å². The summed E-state index contributed by atoms with van der Waals surface area (Å²) in [5, 5.41) is 0. The van der Waals surface area contributed by atoms with Crippen molar-refractivity contribution in [3.8, 4) is 0 Å². The topological polar surface area (TPSA) is 36.4 Å². The first-order valence-corrected chi connectivity index (χ1v) is 7.67. The molecule has 8 heteroatoms. The van der Waals surface area contributed by atoms with Gasteiger partial charge in [0.1, 0.15) is 11.6 Å². The summed E-state index contributed by atoms with van der Waals surface area (Å²) < 4.78 is 50.2. The highest BCUT2D eigenvalue weighted by atomic mass is 19.4. The van der Waals surface area contributed by atoms with Gasteiger partial charge in [0.2, 0.25) is 0 Å². The maximum Gasteiger partial charge on any atom is 0.454 e. The van der Waals surface area contributed by atoms with E-state index in [4.69, 9.17) is 0 Å². The number of piperazine rings is 1. The Labute approximate surface area is 141 Å². The van der Waals surface area contributed by atoms with Crippen LogP contribution in [0.3, 0.4) is 0 Å². The molecule has 132 valence electrons. The second-order valence-corrected chi connectivity index (χ2v) is 5.68. The predicted octanol–water partition coefficient (Wildman–Crippen LogP) is 3.29. The molecule has 1 aromatic carbocycles. The highest BCUT2D eigenvalue weighted by Crippen LogP contribution is 2.23. The standard InChI is InChI=1S/C17H15F4N3O/c18-13-2-4-14(5-3-13)23-7-9-24(10-8-23)15-6-1-12(11-22-15)16(25)17(19,20)21/h1-6,11H,7-10H2. The highest BCUT2D eigenvalue weighted by molar-refractivity contribution is 6.00. The van der Waals surface area contributed by atoms with Crippen LogP contribution in [0.1, 0.15) is 10.4 Å². The number of carbonyl (C=O) groups is 1. The Morgan fingerprint density at radius 1 is 0.920 bits per heavy atom. The third kappa shape index (κ3) is 3.89. The van der Waals surface area contributed by atoms with Crippen molar-refractivity contribution in [2.45, 2.75) is 6.18 Å². The van der Waals surface area contributed by atoms with E-state index in [9.17, 15) is 22.4 Å². The van der Waals surface area contributed by atoms with Crippen molar-refractivity contribution >= 4 is 17.3 Å². The molecule has 0 saturated carbocycles. The lowest BCUT2D eigenvalue weighted by atomic mass is 10.2. The summed E-state index contributed by atoms with van der Waals surface area (Å²) in [6.07, 6.45) is -3.94. The number of hydrogen-bond donors (Lipinski definition) is 0. The number of rotatable bonds is 3. The fourth-order valence-electron chi connectivity index (χ4n) is 2.72. The molecule has 1 saturated heterocycles. The van der Waals surface area contributed by atoms with E-state index in [-0.39, 0.29) is 5.82 Å². The third-order valence-corrected chi connectivity index (χ3v) is 4.06. The minimum atomic E-state index is -4.90. The van der Waals surface area contributed by atoms with Gasteiger partial charge in [0.25, 0.3) is 5.78 Å². The Morgan fingerprint density at radius 3 is 2.04 bits per heavy atom. The lowest BCUT2D eigenvalue weighted by Crippen LogP contribution is -2.46. The van der Waals surface area contributed by atoms with Crippen molar-refractivity contribution in [1.29, 1.82) is 0 Å². The molecule has 0 radical (unpaired) electrons. The SMILES string of the molecule is O=C(c1ccc(N2CCN(c3ccc(F)cc3)CC2)nc1)C(F)(F)F. The van der Waals surface area contributed by atoms with Crippen LogP contribution in [-0.4, -0.2) is 43.1 Å². The van der Waals surface area contributed by atoms with Crippen LogP contribution in [-0.2, 0) is 0 Å². The first kappa shape index (κ1) is 17.2. The number of aromatic nitrogens is 1. The summed E-state index contributed by atoms with van der Waals surface area (Å²) in [7, 11) is 0. The lowest BCUT2D eigenvalue weighted by molar-refractivity contribution is -0.0885. The van der Waals surface area contributed by atoms with Gasteiger partial charge in [-0.25, -0.2) is 9.37 Å². The Hall–Kier alpha value is -2.64. The van der Waals surface area contributed by atoms with Crippen molar-refractivity contribution < 1.29 is 22.4 Å². The second kappa shape index (κ2) is 6.70. The number of alkyl halides is 3. The maximum absolute atomic E-state index is 13.0. The van der Waals surface area contributed by atoms with Crippen molar-refractivity contribution in [2.24, 2.45) is 0 Å². The molecule has 25 heavy (non-hydrogen) atoms. The smallest absolute Gasteiger partial charge is 0.368 e. The molecule has 1 fully saturated rings. The number of Topliss-reactive ketones (excluding diaryl/α,β-unsaturated/α-hetero) is 1. The van der Waals surface area contributed by atoms with E-state index < -0.39 is 17.5 Å². The van der Waals surface area contributed by atoms with Gasteiger partial charge < -0.3 is 9.80 Å². The summed E-state index contributed by atoms with van der Waals surface area (Å²) in [6, 6.07) is 8.79. The average Bonchev–Trinajstić information content (AvgIpc) is 2.61. The van der Waals surface area contributed by atoms with Gasteiger partial charge in [-0.15, -0.1) is 0 Å². The zero-order valence-corrected chi connectivity index (χ0v) is 13.1. The summed E-state index contributed by atoms with van der Waals surface area (Å²) in [6.45, 7) is 2.60. The van der Waals surface area contributed by atoms with Gasteiger partial charge in [0.05, 0.1) is 0 Å². The van der Waals surface area contributed by atoms with Gasteiger partial charge in [-0.3, -0.25) is 4.79 Å². The molecule has 1 aliphatic rings. The molecule has 0 aliphatic carbocycles. The molecular formula is C17H15F4N3O. The van der Waals surface area contributed by atoms with Crippen LogP contribution in [0, 0.1) is 5.82 Å². The molecular weight excluding hydrogens is 338 g/mol. The van der Waals surface area contributed by atoms with Gasteiger partial charge in [-0.1, -0.05) is 0 Å². The van der Waals surface area contributed by atoms with Crippen LogP contribution in [0.5, 0.6) is 0 Å². The van der Waals surface area contributed by atoms with Gasteiger partial charge in [-0.05, 0) is 36.4 Å². The molecule has 0 atom stereocenters. The van der Waals surface area contributed by atoms with Gasteiger partial charge in [0, 0.05) is 43.6 Å². The molecule has 2 aromatic rings. The molecule has 0 unspecified atom stereocenters. The lowest BCUT2D eigenvalue weighted by Gasteiger charge is -2.36. The molecule has 2 heterocycles. The maximum atomic E-state index is 13.0. The van der Waals surface area contributed by atoms with Crippen LogP contribution in [0.25, 0.3) is 0 Å². The largest absolute Gasteiger partial charge is 0.454 e. The van der Waals surface area contributed by atoms with E-state index in [1.54, 1.807) is 12.1 Å². The zero-order valence-electron chi connectivity index (χ0n) is 13.1. The number of nitrogens with zero attached hydrogens (tertiary/aromatic N) is 3. The summed E-state index contributed by atoms with van der Waals surface area (Å²) in [5.74, 6) is -1.66. The number of anilines is 2. The van der Waals surface area contributed by atoms with Crippen LogP contribution in [0.2, 0.25) is 0 Å². The Kier molecular flexibility index (Phi) is 4.61. The number of carbonyl (C=O) groups excluding carboxylic acids is 1. The van der Waals surface area contributed by atoms with E-state index in [2.05, 4.69) is 9.88 Å². The van der Waals surface area contributed by atoms with Crippen molar-refractivity contribution in [3.05, 3.63) is 54.0 Å². The monoisotopic (exact) mass is 353 g/mol. The molecule has 4 nitrogen and oxygen atoms in total. The van der Waals surface area contributed by atoms with E-state index in [1.165, 1.54) is 18.2 Å². The predicted molar refractivity (Wildman–Crippen MR) is 85.4 cm³/mol. The van der Waals surface area contributed by atoms with Crippen LogP contribution < -0.4 is 9.80 Å². The average molecular weight is 353 g/mol. The summed E-state index contributed by atoms with van der Waals surface area (Å²) in [5.41, 5.74) is 0.446. The van der Waals surface area contributed by atoms with Gasteiger partial charge in [0.15, 0.2) is 0 Å². The number of pyridine rings is 1. The Morgan fingerprint density at radius 2 is 1.52 bits per heavy atom. The number of benzene rings is 1. The molecule has 0 bridgehead atoms.